The van der Waals surface area contributed by atoms with Gasteiger partial charge in [-0.2, -0.15) is 0 Å². The number of sulfonamides is 1. The van der Waals surface area contributed by atoms with E-state index in [0.29, 0.717) is 6.42 Å². The minimum Gasteiger partial charge on any atom is -0.348 e. The third-order valence-corrected chi connectivity index (χ3v) is 3.77. The molecule has 2 unspecified atom stereocenters. The fraction of sp³-hybridized carbons (Fsp3) is 0.417. The Morgan fingerprint density at radius 3 is 2.26 bits per heavy atom. The number of primary sulfonamides is 1. The van der Waals surface area contributed by atoms with E-state index in [-0.39, 0.29) is 16.8 Å². The third-order valence-electron chi connectivity index (χ3n) is 2.84. The molecule has 0 heterocycles. The van der Waals surface area contributed by atoms with E-state index in [1.165, 1.54) is 12.1 Å². The summed E-state index contributed by atoms with van der Waals surface area (Å²) in [5.74, 6) is -0.231. The maximum atomic E-state index is 11.6. The lowest BCUT2D eigenvalue weighted by atomic mass is 10.1. The molecule has 1 rings (SSSR count). The maximum Gasteiger partial charge on any atom is 0.238 e. The minimum absolute atomic E-state index is 0.0417. The van der Waals surface area contributed by atoms with Crippen LogP contribution in [0, 0.1) is 0 Å². The molecule has 0 fully saturated rings. The lowest BCUT2D eigenvalue weighted by Crippen LogP contribution is -2.41. The van der Waals surface area contributed by atoms with Crippen LogP contribution in [0.1, 0.15) is 31.9 Å². The van der Waals surface area contributed by atoms with Gasteiger partial charge in [-0.15, -0.1) is 0 Å². The molecule has 0 aliphatic heterocycles. The highest BCUT2D eigenvalue weighted by Crippen LogP contribution is 2.15. The van der Waals surface area contributed by atoms with Crippen molar-refractivity contribution in [2.24, 2.45) is 10.9 Å². The molecule has 1 aromatic carbocycles. The molecular formula is C12H19N3O3S. The van der Waals surface area contributed by atoms with Gasteiger partial charge in [-0.1, -0.05) is 19.1 Å². The summed E-state index contributed by atoms with van der Waals surface area (Å²) < 4.78 is 22.2. The van der Waals surface area contributed by atoms with Crippen LogP contribution in [-0.2, 0) is 14.8 Å². The summed E-state index contributed by atoms with van der Waals surface area (Å²) in [6, 6.07) is 5.26. The van der Waals surface area contributed by atoms with Gasteiger partial charge in [0, 0.05) is 0 Å². The highest BCUT2D eigenvalue weighted by Gasteiger charge is 2.15. The highest BCUT2D eigenvalue weighted by molar-refractivity contribution is 7.89. The average molecular weight is 285 g/mol. The van der Waals surface area contributed by atoms with Crippen LogP contribution in [0.2, 0.25) is 0 Å². The van der Waals surface area contributed by atoms with Crippen molar-refractivity contribution in [2.45, 2.75) is 37.2 Å². The van der Waals surface area contributed by atoms with Crippen molar-refractivity contribution in [1.29, 1.82) is 0 Å². The summed E-state index contributed by atoms with van der Waals surface area (Å²) in [6.45, 7) is 3.63. The van der Waals surface area contributed by atoms with E-state index in [1.54, 1.807) is 19.1 Å². The van der Waals surface area contributed by atoms with E-state index in [1.807, 2.05) is 6.92 Å². The van der Waals surface area contributed by atoms with Crippen molar-refractivity contribution in [3.63, 3.8) is 0 Å². The molecule has 0 saturated carbocycles. The summed E-state index contributed by atoms with van der Waals surface area (Å²) in [4.78, 5) is 11.7. The van der Waals surface area contributed by atoms with Crippen LogP contribution in [0.5, 0.6) is 0 Å². The van der Waals surface area contributed by atoms with Gasteiger partial charge < -0.3 is 11.1 Å². The topological polar surface area (TPSA) is 115 Å². The quantitative estimate of drug-likeness (QED) is 0.719. The molecule has 0 spiro atoms. The molecule has 1 amide bonds. The molecule has 106 valence electrons. The standard InChI is InChI=1S/C12H19N3O3S/c1-3-11(13)12(16)15-8(2)9-4-6-10(7-5-9)19(14,17)18/h4-8,11H,3,13H2,1-2H3,(H,15,16)(H2,14,17,18). The Morgan fingerprint density at radius 2 is 1.84 bits per heavy atom. The van der Waals surface area contributed by atoms with Crippen molar-refractivity contribution in [1.82, 2.24) is 5.32 Å². The SMILES string of the molecule is CCC(N)C(=O)NC(C)c1ccc(S(N)(=O)=O)cc1. The molecule has 0 aliphatic rings. The summed E-state index contributed by atoms with van der Waals surface area (Å²) in [7, 11) is -3.69. The molecule has 0 aromatic heterocycles. The van der Waals surface area contributed by atoms with Gasteiger partial charge in [0.2, 0.25) is 15.9 Å². The third kappa shape index (κ3) is 4.30. The first-order valence-corrected chi connectivity index (χ1v) is 7.49. The Labute approximate surface area is 113 Å². The first kappa shape index (κ1) is 15.6. The van der Waals surface area contributed by atoms with Gasteiger partial charge in [-0.25, -0.2) is 13.6 Å². The van der Waals surface area contributed by atoms with Gasteiger partial charge >= 0.3 is 0 Å². The van der Waals surface area contributed by atoms with Crippen LogP contribution in [0.15, 0.2) is 29.2 Å². The Bertz CT molecular complexity index is 540. The normalized spacial score (nSPS) is 14.7. The van der Waals surface area contributed by atoms with Crippen molar-refractivity contribution >= 4 is 15.9 Å². The van der Waals surface area contributed by atoms with Gasteiger partial charge in [0.1, 0.15) is 0 Å². The number of hydrogen-bond donors (Lipinski definition) is 3. The fourth-order valence-electron chi connectivity index (χ4n) is 1.54. The lowest BCUT2D eigenvalue weighted by molar-refractivity contribution is -0.123. The van der Waals surface area contributed by atoms with Gasteiger partial charge in [-0.05, 0) is 31.0 Å². The van der Waals surface area contributed by atoms with Crippen molar-refractivity contribution in [3.8, 4) is 0 Å². The summed E-state index contributed by atoms with van der Waals surface area (Å²) in [5.41, 5.74) is 6.40. The largest absolute Gasteiger partial charge is 0.348 e. The van der Waals surface area contributed by atoms with Crippen LogP contribution in [-0.4, -0.2) is 20.4 Å². The van der Waals surface area contributed by atoms with E-state index in [9.17, 15) is 13.2 Å². The number of carbonyl (C=O) groups is 1. The van der Waals surface area contributed by atoms with Crippen LogP contribution < -0.4 is 16.2 Å². The Hall–Kier alpha value is -1.44. The van der Waals surface area contributed by atoms with E-state index < -0.39 is 16.1 Å². The summed E-state index contributed by atoms with van der Waals surface area (Å²) in [6.07, 6.45) is 0.558. The van der Waals surface area contributed by atoms with E-state index >= 15 is 0 Å². The van der Waals surface area contributed by atoms with Gasteiger partial charge in [0.15, 0.2) is 0 Å². The number of carbonyl (C=O) groups excluding carboxylic acids is 1. The zero-order valence-electron chi connectivity index (χ0n) is 11.0. The lowest BCUT2D eigenvalue weighted by Gasteiger charge is -2.17. The molecule has 2 atom stereocenters. The van der Waals surface area contributed by atoms with Gasteiger partial charge in [0.05, 0.1) is 17.0 Å². The average Bonchev–Trinajstić information content (AvgIpc) is 2.36. The summed E-state index contributed by atoms with van der Waals surface area (Å²) in [5, 5.41) is 7.77. The first-order valence-electron chi connectivity index (χ1n) is 5.94. The predicted molar refractivity (Wildman–Crippen MR) is 72.6 cm³/mol. The molecule has 0 bridgehead atoms. The Morgan fingerprint density at radius 1 is 1.32 bits per heavy atom. The van der Waals surface area contributed by atoms with Crippen LogP contribution >= 0.6 is 0 Å². The number of rotatable bonds is 5. The summed E-state index contributed by atoms with van der Waals surface area (Å²) >= 11 is 0. The fourth-order valence-corrected chi connectivity index (χ4v) is 2.05. The monoisotopic (exact) mass is 285 g/mol. The number of benzene rings is 1. The molecular weight excluding hydrogens is 266 g/mol. The number of amides is 1. The molecule has 0 radical (unpaired) electrons. The first-order chi connectivity index (χ1) is 8.75. The molecule has 0 saturated heterocycles. The van der Waals surface area contributed by atoms with Gasteiger partial charge in [-0.3, -0.25) is 4.79 Å². The van der Waals surface area contributed by atoms with E-state index in [4.69, 9.17) is 10.9 Å². The van der Waals surface area contributed by atoms with E-state index in [0.717, 1.165) is 5.56 Å². The minimum atomic E-state index is -3.69. The van der Waals surface area contributed by atoms with E-state index in [2.05, 4.69) is 5.32 Å². The zero-order chi connectivity index (χ0) is 14.6. The van der Waals surface area contributed by atoms with Crippen LogP contribution in [0.3, 0.4) is 0 Å². The molecule has 19 heavy (non-hydrogen) atoms. The highest BCUT2D eigenvalue weighted by atomic mass is 32.2. The maximum absolute atomic E-state index is 11.6. The molecule has 6 nitrogen and oxygen atoms in total. The molecule has 1 aromatic rings. The second-order valence-electron chi connectivity index (χ2n) is 4.36. The second-order valence-corrected chi connectivity index (χ2v) is 5.92. The van der Waals surface area contributed by atoms with Crippen molar-refractivity contribution in [2.75, 3.05) is 0 Å². The zero-order valence-corrected chi connectivity index (χ0v) is 11.8. The van der Waals surface area contributed by atoms with Crippen molar-refractivity contribution < 1.29 is 13.2 Å². The predicted octanol–water partition coefficient (Wildman–Crippen LogP) is 0.249. The number of hydrogen-bond acceptors (Lipinski definition) is 4. The number of nitrogens with one attached hydrogen (secondary N) is 1. The van der Waals surface area contributed by atoms with Crippen molar-refractivity contribution in [3.05, 3.63) is 29.8 Å². The molecule has 5 N–H and O–H groups in total. The number of nitrogens with two attached hydrogens (primary N) is 2. The van der Waals surface area contributed by atoms with Crippen LogP contribution in [0.25, 0.3) is 0 Å². The Balaban J connectivity index is 2.79. The van der Waals surface area contributed by atoms with Gasteiger partial charge in [0.25, 0.3) is 0 Å². The smallest absolute Gasteiger partial charge is 0.238 e. The molecule has 0 aliphatic carbocycles. The molecule has 7 heteroatoms. The van der Waals surface area contributed by atoms with Crippen LogP contribution in [0.4, 0.5) is 0 Å². The second kappa shape index (κ2) is 6.14. The Kier molecular flexibility index (Phi) is 5.04.